The monoisotopic (exact) mass is 427 g/mol. The van der Waals surface area contributed by atoms with Crippen molar-refractivity contribution >= 4 is 17.7 Å². The highest BCUT2D eigenvalue weighted by molar-refractivity contribution is 7.99. The lowest BCUT2D eigenvalue weighted by atomic mass is 9.95. The molecule has 1 saturated carbocycles. The van der Waals surface area contributed by atoms with E-state index in [1.807, 2.05) is 30.3 Å². The predicted octanol–water partition coefficient (Wildman–Crippen LogP) is 2.60. The van der Waals surface area contributed by atoms with Crippen molar-refractivity contribution in [2.45, 2.75) is 43.3 Å². The molecule has 1 aliphatic carbocycles. The maximum Gasteiger partial charge on any atom is 0.230 e. The third-order valence-electron chi connectivity index (χ3n) is 5.17. The Hall–Kier alpha value is -3.01. The number of carbonyl (C=O) groups is 1. The first-order chi connectivity index (χ1) is 14.6. The zero-order chi connectivity index (χ0) is 20.9. The number of thioether (sulfide) groups is 1. The largest absolute Gasteiger partial charge is 0.497 e. The van der Waals surface area contributed by atoms with Gasteiger partial charge in [0.05, 0.1) is 18.6 Å². The Morgan fingerprint density at radius 1 is 1.27 bits per heavy atom. The Labute approximate surface area is 178 Å². The molecular formula is C20H25N7O2S. The summed E-state index contributed by atoms with van der Waals surface area (Å²) in [5.41, 5.74) is 2.35. The van der Waals surface area contributed by atoms with Crippen molar-refractivity contribution in [1.29, 1.82) is 0 Å². The van der Waals surface area contributed by atoms with E-state index in [1.54, 1.807) is 7.11 Å². The molecule has 0 bridgehead atoms. The standard InChI is InChI=1S/C20H25N7O2S/c1-29-15-9-7-13(8-10-15)16-11-17(24-23-16)19-25-26-20(27(19)21)30-12-18(28)22-14-5-3-2-4-6-14/h7-11,14H,2-6,12,21H2,1H3,(H,22,28)(H,23,24). The highest BCUT2D eigenvalue weighted by Gasteiger charge is 2.18. The molecule has 1 fully saturated rings. The van der Waals surface area contributed by atoms with Crippen LogP contribution in [0, 0.1) is 0 Å². The zero-order valence-corrected chi connectivity index (χ0v) is 17.6. The fraction of sp³-hybridized carbons (Fsp3) is 0.400. The number of nitrogen functional groups attached to an aromatic ring is 1. The molecule has 4 rings (SSSR count). The Balaban J connectivity index is 1.39. The van der Waals surface area contributed by atoms with Crippen molar-refractivity contribution < 1.29 is 9.53 Å². The molecule has 1 amide bonds. The second-order valence-electron chi connectivity index (χ2n) is 7.26. The van der Waals surface area contributed by atoms with Gasteiger partial charge in [0.25, 0.3) is 0 Å². The number of nitrogens with two attached hydrogens (primary N) is 1. The smallest absolute Gasteiger partial charge is 0.230 e. The lowest BCUT2D eigenvalue weighted by molar-refractivity contribution is -0.119. The molecular weight excluding hydrogens is 402 g/mol. The van der Waals surface area contributed by atoms with Gasteiger partial charge in [-0.1, -0.05) is 31.0 Å². The maximum atomic E-state index is 12.2. The number of hydrogen-bond donors (Lipinski definition) is 3. The van der Waals surface area contributed by atoms with E-state index >= 15 is 0 Å². The molecule has 0 spiro atoms. The van der Waals surface area contributed by atoms with Crippen LogP contribution in [0.25, 0.3) is 22.8 Å². The quantitative estimate of drug-likeness (QED) is 0.391. The van der Waals surface area contributed by atoms with Gasteiger partial charge in [-0.15, -0.1) is 10.2 Å². The SMILES string of the molecule is COc1ccc(-c2cc(-c3nnc(SCC(=O)NC4CCCCC4)n3N)[nH]n2)cc1. The number of aromatic amines is 1. The number of nitrogens with one attached hydrogen (secondary N) is 2. The molecule has 9 nitrogen and oxygen atoms in total. The summed E-state index contributed by atoms with van der Waals surface area (Å²) in [7, 11) is 1.63. The summed E-state index contributed by atoms with van der Waals surface area (Å²) in [6, 6.07) is 9.76. The number of amides is 1. The minimum atomic E-state index is -0.000202. The van der Waals surface area contributed by atoms with Crippen molar-refractivity contribution in [1.82, 2.24) is 30.4 Å². The van der Waals surface area contributed by atoms with E-state index in [9.17, 15) is 4.79 Å². The van der Waals surface area contributed by atoms with Crippen molar-refractivity contribution in [3.8, 4) is 28.5 Å². The van der Waals surface area contributed by atoms with Crippen LogP contribution >= 0.6 is 11.8 Å². The van der Waals surface area contributed by atoms with Crippen molar-refractivity contribution in [3.05, 3.63) is 30.3 Å². The van der Waals surface area contributed by atoms with Crippen LogP contribution in [0.1, 0.15) is 32.1 Å². The summed E-state index contributed by atoms with van der Waals surface area (Å²) in [6.07, 6.45) is 5.74. The van der Waals surface area contributed by atoms with Gasteiger partial charge in [-0.3, -0.25) is 9.89 Å². The van der Waals surface area contributed by atoms with Gasteiger partial charge >= 0.3 is 0 Å². The molecule has 2 heterocycles. The first kappa shape index (κ1) is 20.3. The van der Waals surface area contributed by atoms with E-state index in [0.29, 0.717) is 22.7 Å². The second-order valence-corrected chi connectivity index (χ2v) is 8.21. The lowest BCUT2D eigenvalue weighted by Gasteiger charge is -2.22. The number of nitrogens with zero attached hydrogens (tertiary/aromatic N) is 4. The Morgan fingerprint density at radius 3 is 2.77 bits per heavy atom. The number of aromatic nitrogens is 5. The van der Waals surface area contributed by atoms with Crippen LogP contribution in [-0.4, -0.2) is 49.9 Å². The number of benzene rings is 1. The number of ether oxygens (including phenoxy) is 1. The highest BCUT2D eigenvalue weighted by Crippen LogP contribution is 2.26. The molecule has 0 unspecified atom stereocenters. The van der Waals surface area contributed by atoms with Gasteiger partial charge in [0.1, 0.15) is 11.4 Å². The van der Waals surface area contributed by atoms with E-state index in [-0.39, 0.29) is 11.7 Å². The third-order valence-corrected chi connectivity index (χ3v) is 6.11. The molecule has 158 valence electrons. The number of rotatable bonds is 7. The van der Waals surface area contributed by atoms with Crippen LogP contribution in [0.4, 0.5) is 0 Å². The summed E-state index contributed by atoms with van der Waals surface area (Å²) in [6.45, 7) is 0. The third kappa shape index (κ3) is 4.59. The fourth-order valence-corrected chi connectivity index (χ4v) is 4.22. The number of carbonyl (C=O) groups excluding carboxylic acids is 1. The molecule has 3 aromatic rings. The molecule has 0 radical (unpaired) electrons. The van der Waals surface area contributed by atoms with Crippen molar-refractivity contribution in [2.75, 3.05) is 18.7 Å². The average molecular weight is 428 g/mol. The van der Waals surface area contributed by atoms with Gasteiger partial charge in [-0.2, -0.15) is 5.10 Å². The molecule has 0 aliphatic heterocycles. The summed E-state index contributed by atoms with van der Waals surface area (Å²) in [5.74, 6) is 7.66. The minimum absolute atomic E-state index is 0.000202. The van der Waals surface area contributed by atoms with Gasteiger partial charge in [-0.05, 0) is 43.2 Å². The molecule has 0 atom stereocenters. The Kier molecular flexibility index (Phi) is 6.22. The summed E-state index contributed by atoms with van der Waals surface area (Å²) in [5, 5.41) is 19.1. The van der Waals surface area contributed by atoms with Gasteiger partial charge in [0.2, 0.25) is 16.9 Å². The van der Waals surface area contributed by atoms with Crippen LogP contribution in [0.3, 0.4) is 0 Å². The number of H-pyrrole nitrogens is 1. The fourth-order valence-electron chi connectivity index (χ4n) is 3.55. The Bertz CT molecular complexity index is 993. The van der Waals surface area contributed by atoms with E-state index in [1.165, 1.54) is 35.7 Å². The topological polar surface area (TPSA) is 124 Å². The highest BCUT2D eigenvalue weighted by atomic mass is 32.2. The summed E-state index contributed by atoms with van der Waals surface area (Å²) in [4.78, 5) is 12.2. The Morgan fingerprint density at radius 2 is 2.03 bits per heavy atom. The van der Waals surface area contributed by atoms with E-state index in [0.717, 1.165) is 29.8 Å². The van der Waals surface area contributed by atoms with E-state index in [2.05, 4.69) is 25.7 Å². The average Bonchev–Trinajstić information content (AvgIpc) is 3.40. The zero-order valence-electron chi connectivity index (χ0n) is 16.8. The van der Waals surface area contributed by atoms with Gasteiger partial charge in [0, 0.05) is 11.6 Å². The molecule has 1 aliphatic rings. The lowest BCUT2D eigenvalue weighted by Crippen LogP contribution is -2.37. The van der Waals surface area contributed by atoms with Crippen LogP contribution in [-0.2, 0) is 4.79 Å². The summed E-state index contributed by atoms with van der Waals surface area (Å²) >= 11 is 1.27. The molecule has 4 N–H and O–H groups in total. The first-order valence-electron chi connectivity index (χ1n) is 9.97. The van der Waals surface area contributed by atoms with E-state index < -0.39 is 0 Å². The second kappa shape index (κ2) is 9.21. The van der Waals surface area contributed by atoms with Gasteiger partial charge in [-0.25, -0.2) is 4.68 Å². The van der Waals surface area contributed by atoms with Crippen molar-refractivity contribution in [2.24, 2.45) is 0 Å². The van der Waals surface area contributed by atoms with Crippen LogP contribution in [0.5, 0.6) is 5.75 Å². The van der Waals surface area contributed by atoms with Gasteiger partial charge in [0.15, 0.2) is 0 Å². The first-order valence-corrected chi connectivity index (χ1v) is 11.0. The van der Waals surface area contributed by atoms with E-state index in [4.69, 9.17) is 10.6 Å². The van der Waals surface area contributed by atoms with Crippen LogP contribution in [0.2, 0.25) is 0 Å². The molecule has 30 heavy (non-hydrogen) atoms. The molecule has 0 saturated heterocycles. The van der Waals surface area contributed by atoms with Crippen LogP contribution in [0.15, 0.2) is 35.5 Å². The molecule has 10 heteroatoms. The summed E-state index contributed by atoms with van der Waals surface area (Å²) < 4.78 is 6.56. The van der Waals surface area contributed by atoms with Gasteiger partial charge < -0.3 is 15.9 Å². The molecule has 1 aromatic carbocycles. The van der Waals surface area contributed by atoms with Crippen LogP contribution < -0.4 is 15.9 Å². The number of hydrogen-bond acceptors (Lipinski definition) is 7. The predicted molar refractivity (Wildman–Crippen MR) is 115 cm³/mol. The van der Waals surface area contributed by atoms with Crippen molar-refractivity contribution in [3.63, 3.8) is 0 Å². The molecule has 2 aromatic heterocycles. The minimum Gasteiger partial charge on any atom is -0.497 e. The maximum absolute atomic E-state index is 12.2. The normalized spacial score (nSPS) is 14.6. The number of methoxy groups -OCH3 is 1.